The normalized spacial score (nSPS) is 12.7. The van der Waals surface area contributed by atoms with Crippen molar-refractivity contribution < 1.29 is 19.2 Å². The van der Waals surface area contributed by atoms with E-state index in [4.69, 9.17) is 9.47 Å². The molecule has 2 atom stereocenters. The highest BCUT2D eigenvalue weighted by Gasteiger charge is 2.19. The van der Waals surface area contributed by atoms with Crippen LogP contribution in [0.4, 0.5) is 5.69 Å². The van der Waals surface area contributed by atoms with E-state index in [9.17, 15) is 14.9 Å². The highest BCUT2D eigenvalue weighted by atomic mass is 16.6. The van der Waals surface area contributed by atoms with Crippen LogP contribution in [-0.4, -0.2) is 17.0 Å². The SMILES string of the molecule is C[C@@H](CCC[C@@H](OC(=O)c1ccc([N+](=O)[O-])cc1)c1ccccc1)OCc1ccccc1. The van der Waals surface area contributed by atoms with Gasteiger partial charge in [0.05, 0.1) is 23.2 Å². The second kappa shape index (κ2) is 11.8. The van der Waals surface area contributed by atoms with Gasteiger partial charge in [0.25, 0.3) is 5.69 Å². The Hall–Kier alpha value is -3.51. The van der Waals surface area contributed by atoms with E-state index in [0.717, 1.165) is 24.0 Å². The summed E-state index contributed by atoms with van der Waals surface area (Å²) >= 11 is 0. The molecule has 6 heteroatoms. The van der Waals surface area contributed by atoms with Crippen LogP contribution in [0.15, 0.2) is 84.9 Å². The standard InChI is InChI=1S/C26H27NO5/c1-20(31-19-21-10-4-2-5-11-21)9-8-14-25(22-12-6-3-7-13-22)32-26(28)23-15-17-24(18-16-23)27(29)30/h2-7,10-13,15-18,20,25H,8-9,14,19H2,1H3/t20-,25+/m0/s1. The van der Waals surface area contributed by atoms with Crippen molar-refractivity contribution in [2.24, 2.45) is 0 Å². The smallest absolute Gasteiger partial charge is 0.338 e. The molecule has 166 valence electrons. The molecule has 3 aromatic rings. The molecular formula is C26H27NO5. The third-order valence-electron chi connectivity index (χ3n) is 5.19. The van der Waals surface area contributed by atoms with E-state index in [2.05, 4.69) is 0 Å². The van der Waals surface area contributed by atoms with Crippen molar-refractivity contribution in [1.82, 2.24) is 0 Å². The first-order valence-corrected chi connectivity index (χ1v) is 10.7. The Morgan fingerprint density at radius 1 is 0.906 bits per heavy atom. The Labute approximate surface area is 188 Å². The van der Waals surface area contributed by atoms with Gasteiger partial charge in [0.2, 0.25) is 0 Å². The van der Waals surface area contributed by atoms with E-state index in [-0.39, 0.29) is 17.4 Å². The fourth-order valence-electron chi connectivity index (χ4n) is 3.36. The molecule has 6 nitrogen and oxygen atoms in total. The van der Waals surface area contributed by atoms with Gasteiger partial charge in [-0.2, -0.15) is 0 Å². The fourth-order valence-corrected chi connectivity index (χ4v) is 3.36. The van der Waals surface area contributed by atoms with E-state index in [1.54, 1.807) is 0 Å². The first-order valence-electron chi connectivity index (χ1n) is 10.7. The van der Waals surface area contributed by atoms with E-state index in [1.165, 1.54) is 24.3 Å². The van der Waals surface area contributed by atoms with Crippen LogP contribution in [0, 0.1) is 10.1 Å². The van der Waals surface area contributed by atoms with Crippen LogP contribution in [0.1, 0.15) is 53.8 Å². The first kappa shape index (κ1) is 23.2. The molecule has 3 rings (SSSR count). The highest BCUT2D eigenvalue weighted by Crippen LogP contribution is 2.26. The maximum atomic E-state index is 12.6. The van der Waals surface area contributed by atoms with Crippen LogP contribution in [0.3, 0.4) is 0 Å². The molecule has 3 aromatic carbocycles. The second-order valence-corrected chi connectivity index (χ2v) is 7.65. The molecule has 0 fully saturated rings. The van der Waals surface area contributed by atoms with E-state index in [0.29, 0.717) is 13.0 Å². The van der Waals surface area contributed by atoms with Gasteiger partial charge in [-0.15, -0.1) is 0 Å². The summed E-state index contributed by atoms with van der Waals surface area (Å²) in [5.41, 5.74) is 2.28. The summed E-state index contributed by atoms with van der Waals surface area (Å²) in [6.07, 6.45) is 1.99. The Kier molecular flexibility index (Phi) is 8.52. The Balaban J connectivity index is 1.56. The van der Waals surface area contributed by atoms with E-state index >= 15 is 0 Å². The van der Waals surface area contributed by atoms with Gasteiger partial charge >= 0.3 is 5.97 Å². The number of nitrogens with zero attached hydrogens (tertiary/aromatic N) is 1. The predicted molar refractivity (Wildman–Crippen MR) is 122 cm³/mol. The van der Waals surface area contributed by atoms with Crippen molar-refractivity contribution in [3.05, 3.63) is 112 Å². The summed E-state index contributed by atoms with van der Waals surface area (Å²) in [5, 5.41) is 10.8. The van der Waals surface area contributed by atoms with Crippen LogP contribution >= 0.6 is 0 Å². The quantitative estimate of drug-likeness (QED) is 0.202. The molecule has 0 aliphatic rings. The van der Waals surface area contributed by atoms with Gasteiger partial charge in [0, 0.05) is 12.1 Å². The monoisotopic (exact) mass is 433 g/mol. The minimum absolute atomic E-state index is 0.0642. The van der Waals surface area contributed by atoms with Gasteiger partial charge in [0.15, 0.2) is 0 Å². The predicted octanol–water partition coefficient (Wildman–Crippen LogP) is 6.27. The van der Waals surface area contributed by atoms with Gasteiger partial charge in [-0.25, -0.2) is 4.79 Å². The van der Waals surface area contributed by atoms with Crippen molar-refractivity contribution in [3.63, 3.8) is 0 Å². The number of esters is 1. The first-order chi connectivity index (χ1) is 15.5. The number of ether oxygens (including phenoxy) is 2. The van der Waals surface area contributed by atoms with Gasteiger partial charge in [0.1, 0.15) is 6.10 Å². The van der Waals surface area contributed by atoms with Gasteiger partial charge in [-0.05, 0) is 49.4 Å². The van der Waals surface area contributed by atoms with Gasteiger partial charge in [-0.3, -0.25) is 10.1 Å². The van der Waals surface area contributed by atoms with E-state index in [1.807, 2.05) is 67.6 Å². The molecule has 0 heterocycles. The molecule has 0 saturated carbocycles. The minimum atomic E-state index is -0.498. The van der Waals surface area contributed by atoms with Crippen LogP contribution < -0.4 is 0 Å². The third kappa shape index (κ3) is 7.03. The molecule has 0 radical (unpaired) electrons. The number of non-ortho nitro benzene ring substituents is 1. The lowest BCUT2D eigenvalue weighted by Crippen LogP contribution is -2.13. The van der Waals surface area contributed by atoms with Crippen LogP contribution in [0.5, 0.6) is 0 Å². The average molecular weight is 434 g/mol. The summed E-state index contributed by atoms with van der Waals surface area (Å²) in [4.78, 5) is 23.0. The number of nitro groups is 1. The summed E-state index contributed by atoms with van der Waals surface area (Å²) < 4.78 is 11.7. The zero-order valence-corrected chi connectivity index (χ0v) is 18.1. The molecule has 0 bridgehead atoms. The number of hydrogen-bond donors (Lipinski definition) is 0. The maximum absolute atomic E-state index is 12.6. The van der Waals surface area contributed by atoms with Gasteiger partial charge in [-0.1, -0.05) is 60.7 Å². The number of rotatable bonds is 11. The molecule has 0 spiro atoms. The highest BCUT2D eigenvalue weighted by molar-refractivity contribution is 5.89. The molecule has 0 N–H and O–H groups in total. The number of benzene rings is 3. The van der Waals surface area contributed by atoms with Crippen molar-refractivity contribution in [2.75, 3.05) is 0 Å². The van der Waals surface area contributed by atoms with Crippen molar-refractivity contribution in [1.29, 1.82) is 0 Å². The van der Waals surface area contributed by atoms with Crippen molar-refractivity contribution in [2.45, 2.75) is 45.0 Å². The Bertz CT molecular complexity index is 990. The lowest BCUT2D eigenvalue weighted by Gasteiger charge is -2.20. The third-order valence-corrected chi connectivity index (χ3v) is 5.19. The zero-order chi connectivity index (χ0) is 22.8. The second-order valence-electron chi connectivity index (χ2n) is 7.65. The largest absolute Gasteiger partial charge is 0.454 e. The summed E-state index contributed by atoms with van der Waals surface area (Å²) in [6, 6.07) is 25.1. The Morgan fingerprint density at radius 3 is 2.16 bits per heavy atom. The summed E-state index contributed by atoms with van der Waals surface area (Å²) in [6.45, 7) is 2.61. The number of nitro benzene ring substituents is 1. The molecular weight excluding hydrogens is 406 g/mol. The molecule has 0 unspecified atom stereocenters. The van der Waals surface area contributed by atoms with Crippen molar-refractivity contribution >= 4 is 11.7 Å². The minimum Gasteiger partial charge on any atom is -0.454 e. The summed E-state index contributed by atoms with van der Waals surface area (Å²) in [7, 11) is 0. The lowest BCUT2D eigenvalue weighted by molar-refractivity contribution is -0.384. The molecule has 0 aliphatic carbocycles. The van der Waals surface area contributed by atoms with Gasteiger partial charge < -0.3 is 9.47 Å². The van der Waals surface area contributed by atoms with Crippen LogP contribution in [0.25, 0.3) is 0 Å². The maximum Gasteiger partial charge on any atom is 0.338 e. The summed E-state index contributed by atoms with van der Waals surface area (Å²) in [5.74, 6) is -0.498. The molecule has 0 saturated heterocycles. The Morgan fingerprint density at radius 2 is 1.53 bits per heavy atom. The topological polar surface area (TPSA) is 78.7 Å². The fraction of sp³-hybridized carbons (Fsp3) is 0.269. The average Bonchev–Trinajstić information content (AvgIpc) is 2.83. The molecule has 32 heavy (non-hydrogen) atoms. The number of carbonyl (C=O) groups excluding carboxylic acids is 1. The molecule has 0 aromatic heterocycles. The molecule has 0 amide bonds. The molecule has 0 aliphatic heterocycles. The lowest BCUT2D eigenvalue weighted by atomic mass is 10.0. The zero-order valence-electron chi connectivity index (χ0n) is 18.1. The van der Waals surface area contributed by atoms with Crippen LogP contribution in [-0.2, 0) is 16.1 Å². The number of carbonyl (C=O) groups is 1. The van der Waals surface area contributed by atoms with E-state index < -0.39 is 17.0 Å². The van der Waals surface area contributed by atoms with Crippen molar-refractivity contribution in [3.8, 4) is 0 Å². The number of hydrogen-bond acceptors (Lipinski definition) is 5. The van der Waals surface area contributed by atoms with Crippen LogP contribution in [0.2, 0.25) is 0 Å².